The van der Waals surface area contributed by atoms with Crippen molar-refractivity contribution in [2.45, 2.75) is 39.0 Å². The van der Waals surface area contributed by atoms with Crippen molar-refractivity contribution in [2.24, 2.45) is 5.41 Å². The van der Waals surface area contributed by atoms with Crippen molar-refractivity contribution in [3.8, 4) is 6.07 Å². The number of aliphatic hydroxyl groups excluding tert-OH is 1. The van der Waals surface area contributed by atoms with Crippen LogP contribution in [0.3, 0.4) is 0 Å². The van der Waals surface area contributed by atoms with Gasteiger partial charge in [-0.25, -0.2) is 0 Å². The average Bonchev–Trinajstić information content (AvgIpc) is 2.46. The van der Waals surface area contributed by atoms with Crippen LogP contribution in [0.1, 0.15) is 43.2 Å². The van der Waals surface area contributed by atoms with Gasteiger partial charge in [-0.1, -0.05) is 31.4 Å². The van der Waals surface area contributed by atoms with E-state index in [1.165, 1.54) is 19.3 Å². The molecule has 0 heterocycles. The van der Waals surface area contributed by atoms with Crippen LogP contribution in [0.4, 0.5) is 5.69 Å². The van der Waals surface area contributed by atoms with Gasteiger partial charge in [0.2, 0.25) is 0 Å². The van der Waals surface area contributed by atoms with Crippen LogP contribution in [-0.4, -0.2) is 18.3 Å². The maximum atomic E-state index is 9.71. The molecule has 1 fully saturated rings. The van der Waals surface area contributed by atoms with Crippen molar-refractivity contribution in [3.63, 3.8) is 0 Å². The zero-order valence-corrected chi connectivity index (χ0v) is 11.6. The molecule has 3 nitrogen and oxygen atoms in total. The summed E-state index contributed by atoms with van der Waals surface area (Å²) in [5, 5.41) is 22.3. The quantitative estimate of drug-likeness (QED) is 0.871. The van der Waals surface area contributed by atoms with Crippen LogP contribution in [0.25, 0.3) is 0 Å². The monoisotopic (exact) mass is 258 g/mol. The minimum atomic E-state index is -0.00669. The smallest absolute Gasteiger partial charge is 0.101 e. The molecule has 0 amide bonds. The van der Waals surface area contributed by atoms with Crippen molar-refractivity contribution >= 4 is 5.69 Å². The molecule has 0 saturated heterocycles. The summed E-state index contributed by atoms with van der Waals surface area (Å²) in [6, 6.07) is 7.98. The first-order valence-electron chi connectivity index (χ1n) is 7.05. The molecule has 1 aliphatic rings. The van der Waals surface area contributed by atoms with Gasteiger partial charge in [0.15, 0.2) is 0 Å². The van der Waals surface area contributed by atoms with E-state index in [0.717, 1.165) is 30.6 Å². The second-order valence-corrected chi connectivity index (χ2v) is 5.68. The number of para-hydroxylation sites is 1. The van der Waals surface area contributed by atoms with Gasteiger partial charge in [0.1, 0.15) is 6.07 Å². The number of benzene rings is 1. The Morgan fingerprint density at radius 1 is 1.32 bits per heavy atom. The summed E-state index contributed by atoms with van der Waals surface area (Å²) in [6.07, 6.45) is 5.81. The molecular weight excluding hydrogens is 236 g/mol. The minimum absolute atomic E-state index is 0.00669. The molecule has 2 N–H and O–H groups in total. The van der Waals surface area contributed by atoms with Gasteiger partial charge < -0.3 is 10.4 Å². The molecule has 0 bridgehead atoms. The molecule has 0 aliphatic heterocycles. The molecule has 0 radical (unpaired) electrons. The van der Waals surface area contributed by atoms with E-state index in [9.17, 15) is 5.11 Å². The summed E-state index contributed by atoms with van der Waals surface area (Å²) >= 11 is 0. The van der Waals surface area contributed by atoms with Gasteiger partial charge in [-0.15, -0.1) is 0 Å². The van der Waals surface area contributed by atoms with E-state index in [2.05, 4.69) is 11.4 Å². The summed E-state index contributed by atoms with van der Waals surface area (Å²) in [4.78, 5) is 0. The van der Waals surface area contributed by atoms with E-state index >= 15 is 0 Å². The molecule has 0 unspecified atom stereocenters. The third kappa shape index (κ3) is 3.08. The number of hydrogen-bond acceptors (Lipinski definition) is 3. The number of nitriles is 1. The maximum absolute atomic E-state index is 9.71. The maximum Gasteiger partial charge on any atom is 0.101 e. The molecule has 19 heavy (non-hydrogen) atoms. The van der Waals surface area contributed by atoms with Crippen molar-refractivity contribution in [2.75, 3.05) is 18.5 Å². The highest BCUT2D eigenvalue weighted by Crippen LogP contribution is 2.36. The molecule has 102 valence electrons. The second-order valence-electron chi connectivity index (χ2n) is 5.68. The summed E-state index contributed by atoms with van der Waals surface area (Å²) in [7, 11) is 0. The van der Waals surface area contributed by atoms with Gasteiger partial charge in [-0.3, -0.25) is 0 Å². The third-order valence-corrected chi connectivity index (χ3v) is 4.28. The molecule has 2 rings (SSSR count). The fourth-order valence-corrected chi connectivity index (χ4v) is 2.96. The van der Waals surface area contributed by atoms with Gasteiger partial charge in [-0.2, -0.15) is 5.26 Å². The van der Waals surface area contributed by atoms with Crippen LogP contribution in [0.5, 0.6) is 0 Å². The third-order valence-electron chi connectivity index (χ3n) is 4.28. The predicted octanol–water partition coefficient (Wildman–Crippen LogP) is 3.22. The zero-order chi connectivity index (χ0) is 13.7. The van der Waals surface area contributed by atoms with Gasteiger partial charge in [0.25, 0.3) is 0 Å². The lowest BCUT2D eigenvalue weighted by Crippen LogP contribution is -2.35. The van der Waals surface area contributed by atoms with E-state index in [1.807, 2.05) is 25.1 Å². The molecule has 1 aliphatic carbocycles. The fourth-order valence-electron chi connectivity index (χ4n) is 2.96. The van der Waals surface area contributed by atoms with Crippen molar-refractivity contribution < 1.29 is 5.11 Å². The first-order chi connectivity index (χ1) is 9.21. The lowest BCUT2D eigenvalue weighted by atomic mass is 9.74. The number of nitrogens with one attached hydrogen (secondary N) is 1. The second kappa shape index (κ2) is 6.08. The number of aryl methyl sites for hydroxylation is 1. The topological polar surface area (TPSA) is 56.0 Å². The summed E-state index contributed by atoms with van der Waals surface area (Å²) < 4.78 is 0. The van der Waals surface area contributed by atoms with E-state index in [4.69, 9.17) is 5.26 Å². The molecule has 0 atom stereocenters. The lowest BCUT2D eigenvalue weighted by Gasteiger charge is -2.36. The van der Waals surface area contributed by atoms with Crippen molar-refractivity contribution in [1.82, 2.24) is 0 Å². The number of anilines is 1. The van der Waals surface area contributed by atoms with Crippen LogP contribution in [0, 0.1) is 23.7 Å². The Morgan fingerprint density at radius 2 is 2.05 bits per heavy atom. The summed E-state index contributed by atoms with van der Waals surface area (Å²) in [6.45, 7) is 2.99. The summed E-state index contributed by atoms with van der Waals surface area (Å²) in [5.41, 5.74) is 2.68. The molecule has 3 heteroatoms. The molecular formula is C16H22N2O. The lowest BCUT2D eigenvalue weighted by molar-refractivity contribution is 0.0944. The van der Waals surface area contributed by atoms with Crippen molar-refractivity contribution in [3.05, 3.63) is 29.3 Å². The van der Waals surface area contributed by atoms with Crippen LogP contribution in [0.15, 0.2) is 18.2 Å². The van der Waals surface area contributed by atoms with E-state index < -0.39 is 0 Å². The molecule has 1 saturated carbocycles. The standard InChI is InChI=1S/C16H22N2O/c1-13-6-5-7-14(10-17)15(13)18-11-16(12-19)8-3-2-4-9-16/h5-7,18-19H,2-4,8-9,11-12H2,1H3. The van der Waals surface area contributed by atoms with Gasteiger partial charge >= 0.3 is 0 Å². The van der Waals surface area contributed by atoms with E-state index in [1.54, 1.807) is 0 Å². The highest BCUT2D eigenvalue weighted by Gasteiger charge is 2.31. The van der Waals surface area contributed by atoms with Gasteiger partial charge in [-0.05, 0) is 31.4 Å². The van der Waals surface area contributed by atoms with E-state index in [-0.39, 0.29) is 12.0 Å². The number of aliphatic hydroxyl groups is 1. The molecule has 1 aromatic rings. The number of nitrogens with zero attached hydrogens (tertiary/aromatic N) is 1. The normalized spacial score (nSPS) is 17.7. The van der Waals surface area contributed by atoms with Crippen molar-refractivity contribution in [1.29, 1.82) is 5.26 Å². The largest absolute Gasteiger partial charge is 0.396 e. The first-order valence-corrected chi connectivity index (χ1v) is 7.05. The Hall–Kier alpha value is -1.53. The first kappa shape index (κ1) is 13.9. The minimum Gasteiger partial charge on any atom is -0.396 e. The highest BCUT2D eigenvalue weighted by molar-refractivity contribution is 5.62. The molecule has 0 spiro atoms. The van der Waals surface area contributed by atoms with Crippen LogP contribution in [0.2, 0.25) is 0 Å². The predicted molar refractivity (Wildman–Crippen MR) is 77.0 cm³/mol. The fraction of sp³-hybridized carbons (Fsp3) is 0.562. The SMILES string of the molecule is Cc1cccc(C#N)c1NCC1(CO)CCCCC1. The van der Waals surface area contributed by atoms with Crippen LogP contribution >= 0.6 is 0 Å². The Bertz CT molecular complexity index is 470. The van der Waals surface area contributed by atoms with Crippen LogP contribution < -0.4 is 5.32 Å². The Balaban J connectivity index is 2.11. The Morgan fingerprint density at radius 3 is 2.68 bits per heavy atom. The zero-order valence-electron chi connectivity index (χ0n) is 11.6. The number of hydrogen-bond donors (Lipinski definition) is 2. The Labute approximate surface area is 115 Å². The average molecular weight is 258 g/mol. The highest BCUT2D eigenvalue weighted by atomic mass is 16.3. The number of rotatable bonds is 4. The Kier molecular flexibility index (Phi) is 4.44. The molecule has 1 aromatic carbocycles. The molecule has 0 aromatic heterocycles. The van der Waals surface area contributed by atoms with Gasteiger partial charge in [0.05, 0.1) is 17.9 Å². The summed E-state index contributed by atoms with van der Waals surface area (Å²) in [5.74, 6) is 0. The van der Waals surface area contributed by atoms with Gasteiger partial charge in [0, 0.05) is 12.0 Å². The van der Waals surface area contributed by atoms with Crippen LogP contribution in [-0.2, 0) is 0 Å². The van der Waals surface area contributed by atoms with E-state index in [0.29, 0.717) is 5.56 Å².